The van der Waals surface area contributed by atoms with Crippen molar-refractivity contribution in [1.29, 1.82) is 0 Å². The van der Waals surface area contributed by atoms with Gasteiger partial charge in [0.2, 0.25) is 5.91 Å². The number of carbonyl (C=O) groups is 2. The third-order valence-electron chi connectivity index (χ3n) is 5.55. The van der Waals surface area contributed by atoms with E-state index in [9.17, 15) is 9.59 Å². The van der Waals surface area contributed by atoms with E-state index in [2.05, 4.69) is 4.90 Å². The second kappa shape index (κ2) is 10.3. The van der Waals surface area contributed by atoms with Gasteiger partial charge in [-0.2, -0.15) is 0 Å². The van der Waals surface area contributed by atoms with Gasteiger partial charge in [-0.15, -0.1) is 12.4 Å². The summed E-state index contributed by atoms with van der Waals surface area (Å²) in [6.07, 6.45) is 5.73. The highest BCUT2D eigenvalue weighted by molar-refractivity contribution is 6.32. The Labute approximate surface area is 172 Å². The zero-order valence-corrected chi connectivity index (χ0v) is 17.4. The molecule has 1 amide bonds. The van der Waals surface area contributed by atoms with Crippen LogP contribution in [0, 0.1) is 0 Å². The summed E-state index contributed by atoms with van der Waals surface area (Å²) in [5.41, 5.74) is 0.523. The Morgan fingerprint density at radius 2 is 1.78 bits per heavy atom. The number of rotatable bonds is 6. The Kier molecular flexibility index (Phi) is 8.39. The minimum Gasteiger partial charge on any atom is -0.495 e. The zero-order valence-electron chi connectivity index (χ0n) is 15.8. The molecular weight excluding hydrogens is 387 g/mol. The number of hydrogen-bond acceptors (Lipinski definition) is 4. The van der Waals surface area contributed by atoms with E-state index >= 15 is 0 Å². The summed E-state index contributed by atoms with van der Waals surface area (Å²) in [7, 11) is 1.54. The van der Waals surface area contributed by atoms with Crippen molar-refractivity contribution in [3.8, 4) is 5.75 Å². The van der Waals surface area contributed by atoms with Crippen LogP contribution in [0.3, 0.4) is 0 Å². The lowest BCUT2D eigenvalue weighted by Crippen LogP contribution is -2.51. The van der Waals surface area contributed by atoms with Crippen LogP contribution in [0.15, 0.2) is 18.2 Å². The molecule has 1 aromatic carbocycles. The predicted molar refractivity (Wildman–Crippen MR) is 109 cm³/mol. The maximum absolute atomic E-state index is 12.4. The molecule has 0 aromatic heterocycles. The van der Waals surface area contributed by atoms with Crippen molar-refractivity contribution in [1.82, 2.24) is 9.80 Å². The van der Waals surface area contributed by atoms with Crippen molar-refractivity contribution in [2.75, 3.05) is 33.3 Å². The standard InChI is InChI=1S/C20H27ClN2O3.ClH/c1-26-19-8-6-15(14-17(19)21)18(24)7-9-20(25)23-12-10-22(11-13-23)16-4-2-3-5-16;/h6,8,14,16H,2-5,7,9-13H2,1H3;1H. The third kappa shape index (κ3) is 5.59. The number of benzene rings is 1. The molecule has 1 heterocycles. The number of methoxy groups -OCH3 is 1. The number of carbonyl (C=O) groups excluding carboxylic acids is 2. The molecule has 1 aliphatic carbocycles. The number of nitrogens with zero attached hydrogens (tertiary/aromatic N) is 2. The molecule has 27 heavy (non-hydrogen) atoms. The number of halogens is 2. The number of piperazine rings is 1. The van der Waals surface area contributed by atoms with Gasteiger partial charge in [-0.05, 0) is 31.0 Å². The molecule has 3 rings (SSSR count). The van der Waals surface area contributed by atoms with Gasteiger partial charge < -0.3 is 9.64 Å². The second-order valence-corrected chi connectivity index (χ2v) is 7.53. The van der Waals surface area contributed by atoms with Gasteiger partial charge in [0.1, 0.15) is 5.75 Å². The van der Waals surface area contributed by atoms with Gasteiger partial charge in [0.25, 0.3) is 0 Å². The highest BCUT2D eigenvalue weighted by atomic mass is 35.5. The normalized spacial score (nSPS) is 18.2. The topological polar surface area (TPSA) is 49.9 Å². The Morgan fingerprint density at radius 3 is 2.37 bits per heavy atom. The van der Waals surface area contributed by atoms with Crippen molar-refractivity contribution in [2.45, 2.75) is 44.6 Å². The number of hydrogen-bond donors (Lipinski definition) is 0. The summed E-state index contributed by atoms with van der Waals surface area (Å²) in [6, 6.07) is 5.69. The minimum atomic E-state index is -0.0625. The molecule has 0 N–H and O–H groups in total. The van der Waals surface area contributed by atoms with E-state index in [1.54, 1.807) is 18.2 Å². The summed E-state index contributed by atoms with van der Waals surface area (Å²) >= 11 is 6.07. The van der Waals surface area contributed by atoms with E-state index in [1.165, 1.54) is 32.8 Å². The van der Waals surface area contributed by atoms with Crippen LogP contribution in [-0.4, -0.2) is 60.8 Å². The molecule has 2 aliphatic rings. The molecule has 1 aliphatic heterocycles. The first-order chi connectivity index (χ1) is 12.6. The molecule has 0 atom stereocenters. The van der Waals surface area contributed by atoms with Crippen LogP contribution < -0.4 is 4.74 Å². The largest absolute Gasteiger partial charge is 0.495 e. The Morgan fingerprint density at radius 1 is 1.11 bits per heavy atom. The summed E-state index contributed by atoms with van der Waals surface area (Å²) in [6.45, 7) is 3.46. The van der Waals surface area contributed by atoms with Gasteiger partial charge in [-0.3, -0.25) is 14.5 Å². The lowest BCUT2D eigenvalue weighted by Gasteiger charge is -2.38. The number of ether oxygens (including phenoxy) is 1. The number of amides is 1. The van der Waals surface area contributed by atoms with E-state index in [1.807, 2.05) is 4.90 Å². The summed E-state index contributed by atoms with van der Waals surface area (Å²) in [5.74, 6) is 0.552. The van der Waals surface area contributed by atoms with Gasteiger partial charge >= 0.3 is 0 Å². The Bertz CT molecular complexity index is 655. The predicted octanol–water partition coefficient (Wildman–Crippen LogP) is 3.82. The SMILES string of the molecule is COc1ccc(C(=O)CCC(=O)N2CCN(C3CCCC3)CC2)cc1Cl.Cl. The fourth-order valence-electron chi connectivity index (χ4n) is 3.97. The van der Waals surface area contributed by atoms with Crippen LogP contribution in [0.25, 0.3) is 0 Å². The molecule has 5 nitrogen and oxygen atoms in total. The van der Waals surface area contributed by atoms with E-state index < -0.39 is 0 Å². The Hall–Kier alpha value is -1.30. The average Bonchev–Trinajstić information content (AvgIpc) is 3.20. The zero-order chi connectivity index (χ0) is 18.5. The van der Waals surface area contributed by atoms with Crippen molar-refractivity contribution < 1.29 is 14.3 Å². The van der Waals surface area contributed by atoms with Gasteiger partial charge in [0.05, 0.1) is 12.1 Å². The smallest absolute Gasteiger partial charge is 0.223 e. The molecule has 0 bridgehead atoms. The summed E-state index contributed by atoms with van der Waals surface area (Å²) in [4.78, 5) is 29.2. The number of Topliss-reactive ketones (excluding diaryl/α,β-unsaturated/α-hetero) is 1. The Balaban J connectivity index is 0.00000261. The van der Waals surface area contributed by atoms with Crippen molar-refractivity contribution in [3.05, 3.63) is 28.8 Å². The lowest BCUT2D eigenvalue weighted by molar-refractivity contribution is -0.133. The molecule has 2 fully saturated rings. The van der Waals surface area contributed by atoms with Gasteiger partial charge in [-0.25, -0.2) is 0 Å². The first-order valence-corrected chi connectivity index (χ1v) is 9.85. The van der Waals surface area contributed by atoms with Crippen LogP contribution in [0.2, 0.25) is 5.02 Å². The van der Waals surface area contributed by atoms with Gasteiger partial charge in [-0.1, -0.05) is 24.4 Å². The molecule has 1 saturated heterocycles. The highest BCUT2D eigenvalue weighted by Crippen LogP contribution is 2.26. The van der Waals surface area contributed by atoms with Crippen LogP contribution in [-0.2, 0) is 4.79 Å². The first kappa shape index (κ1) is 22.0. The number of ketones is 1. The first-order valence-electron chi connectivity index (χ1n) is 9.47. The summed E-state index contributed by atoms with van der Waals surface area (Å²) in [5, 5.41) is 0.410. The van der Waals surface area contributed by atoms with Crippen LogP contribution in [0.5, 0.6) is 5.75 Å². The monoisotopic (exact) mass is 414 g/mol. The molecule has 7 heteroatoms. The fraction of sp³-hybridized carbons (Fsp3) is 0.600. The van der Waals surface area contributed by atoms with Crippen molar-refractivity contribution in [3.63, 3.8) is 0 Å². The molecule has 0 unspecified atom stereocenters. The van der Waals surface area contributed by atoms with Crippen molar-refractivity contribution in [2.24, 2.45) is 0 Å². The van der Waals surface area contributed by atoms with Gasteiger partial charge in [0.15, 0.2) is 5.78 Å². The van der Waals surface area contributed by atoms with Crippen LogP contribution >= 0.6 is 24.0 Å². The second-order valence-electron chi connectivity index (χ2n) is 7.13. The van der Waals surface area contributed by atoms with Crippen molar-refractivity contribution >= 4 is 35.7 Å². The van der Waals surface area contributed by atoms with E-state index in [0.717, 1.165) is 26.2 Å². The molecule has 150 valence electrons. The van der Waals surface area contributed by atoms with E-state index in [0.29, 0.717) is 22.4 Å². The van der Waals surface area contributed by atoms with Crippen LogP contribution in [0.1, 0.15) is 48.9 Å². The fourth-order valence-corrected chi connectivity index (χ4v) is 4.23. The molecule has 1 saturated carbocycles. The van der Waals surface area contributed by atoms with E-state index in [4.69, 9.17) is 16.3 Å². The molecular formula is C20H28Cl2N2O3. The highest BCUT2D eigenvalue weighted by Gasteiger charge is 2.27. The van der Waals surface area contributed by atoms with Crippen LogP contribution in [0.4, 0.5) is 0 Å². The third-order valence-corrected chi connectivity index (χ3v) is 5.84. The summed E-state index contributed by atoms with van der Waals surface area (Å²) < 4.78 is 5.09. The molecule has 0 spiro atoms. The quantitative estimate of drug-likeness (QED) is 0.663. The molecule has 0 radical (unpaired) electrons. The van der Waals surface area contributed by atoms with Gasteiger partial charge in [0, 0.05) is 50.6 Å². The lowest BCUT2D eigenvalue weighted by atomic mass is 10.1. The minimum absolute atomic E-state index is 0. The maximum Gasteiger partial charge on any atom is 0.223 e. The average molecular weight is 415 g/mol. The van der Waals surface area contributed by atoms with E-state index in [-0.39, 0.29) is 36.9 Å². The maximum atomic E-state index is 12.4. The molecule has 1 aromatic rings.